The van der Waals surface area contributed by atoms with Gasteiger partial charge in [-0.15, -0.1) is 0 Å². The number of benzene rings is 3. The van der Waals surface area contributed by atoms with E-state index >= 15 is 0 Å². The van der Waals surface area contributed by atoms with Gasteiger partial charge in [0.25, 0.3) is 0 Å². The number of rotatable bonds is 9. The fourth-order valence-corrected chi connectivity index (χ4v) is 11.8. The van der Waals surface area contributed by atoms with E-state index in [1.807, 2.05) is 0 Å². The number of amides is 1. The van der Waals surface area contributed by atoms with Gasteiger partial charge in [0.1, 0.15) is 0 Å². The van der Waals surface area contributed by atoms with E-state index in [0.29, 0.717) is 6.54 Å². The zero-order chi connectivity index (χ0) is 22.4. The molecule has 0 bridgehead atoms. The Morgan fingerprint density at radius 2 is 1.19 bits per heavy atom. The van der Waals surface area contributed by atoms with E-state index < -0.39 is 10.9 Å². The van der Waals surface area contributed by atoms with Crippen molar-refractivity contribution in [3.8, 4) is 0 Å². The summed E-state index contributed by atoms with van der Waals surface area (Å²) < 4.78 is 0. The third-order valence-electron chi connectivity index (χ3n) is 5.73. The van der Waals surface area contributed by atoms with Gasteiger partial charge in [0.05, 0.1) is 0 Å². The summed E-state index contributed by atoms with van der Waals surface area (Å²) in [7, 11) is 0. The Hall–Kier alpha value is -2.00. The Morgan fingerprint density at radius 3 is 1.55 bits per heavy atom. The molecule has 5 heteroatoms. The van der Waals surface area contributed by atoms with Crippen LogP contribution in [-0.4, -0.2) is 29.3 Å². The third-order valence-corrected chi connectivity index (χ3v) is 15.8. The molecule has 3 nitrogen and oxygen atoms in total. The van der Waals surface area contributed by atoms with Crippen LogP contribution < -0.4 is 21.2 Å². The topological polar surface area (TPSA) is 49.3 Å². The van der Waals surface area contributed by atoms with Crippen molar-refractivity contribution in [2.24, 2.45) is 0 Å². The molecule has 0 saturated heterocycles. The van der Waals surface area contributed by atoms with Gasteiger partial charge >= 0.3 is 194 Å². The number of hydrogen-bond donors (Lipinski definition) is 2. The summed E-state index contributed by atoms with van der Waals surface area (Å²) in [6, 6.07) is 32.1. The molecule has 0 aliphatic rings. The molecule has 0 aromatic heterocycles. The molecule has 0 aliphatic carbocycles. The van der Waals surface area contributed by atoms with Crippen molar-refractivity contribution in [1.82, 2.24) is 5.32 Å². The number of unbranched alkanes of at least 4 members (excludes halogenated alkanes) is 1. The van der Waals surface area contributed by atoms with Crippen molar-refractivity contribution in [2.45, 2.75) is 32.3 Å². The summed E-state index contributed by atoms with van der Waals surface area (Å²) in [4.78, 5) is 12.0. The van der Waals surface area contributed by atoms with Crippen LogP contribution in [0.15, 0.2) is 91.0 Å². The molecular formula is C26H31BrNO2P. The molecule has 0 unspecified atom stereocenters. The first-order valence-electron chi connectivity index (χ1n) is 10.7. The van der Waals surface area contributed by atoms with Crippen LogP contribution in [0, 0.1) is 0 Å². The Kier molecular flexibility index (Phi) is 7.36. The van der Waals surface area contributed by atoms with Crippen molar-refractivity contribution in [1.29, 1.82) is 0 Å². The summed E-state index contributed by atoms with van der Waals surface area (Å²) in [5.41, 5.74) is -1.35. The van der Waals surface area contributed by atoms with Crippen LogP contribution in [0.1, 0.15) is 26.7 Å². The van der Waals surface area contributed by atoms with E-state index in [1.54, 1.807) is 0 Å². The average Bonchev–Trinajstić information content (AvgIpc) is 2.80. The van der Waals surface area contributed by atoms with E-state index in [2.05, 4.69) is 112 Å². The van der Waals surface area contributed by atoms with Gasteiger partial charge < -0.3 is 0 Å². The Balaban J connectivity index is 1.98. The minimum absolute atomic E-state index is 0.335. The molecule has 31 heavy (non-hydrogen) atoms. The number of carbonyl (C=O) groups excluding carboxylic acids is 1. The first-order valence-corrected chi connectivity index (χ1v) is 15.1. The summed E-state index contributed by atoms with van der Waals surface area (Å²) in [5.74, 6) is -0.335. The maximum absolute atomic E-state index is 12.0. The number of halogens is 1. The molecule has 1 amide bonds. The van der Waals surface area contributed by atoms with Crippen molar-refractivity contribution < 1.29 is 9.90 Å². The van der Waals surface area contributed by atoms with Crippen molar-refractivity contribution in [3.05, 3.63) is 91.0 Å². The van der Waals surface area contributed by atoms with E-state index in [1.165, 1.54) is 29.8 Å². The van der Waals surface area contributed by atoms with Crippen molar-refractivity contribution in [2.75, 3.05) is 12.7 Å². The monoisotopic (exact) mass is 499 g/mol. The van der Waals surface area contributed by atoms with E-state index in [-0.39, 0.29) is 5.91 Å². The first-order chi connectivity index (χ1) is 14.8. The van der Waals surface area contributed by atoms with Crippen LogP contribution in [0.2, 0.25) is 0 Å². The second-order valence-electron chi connectivity index (χ2n) is 8.44. The van der Waals surface area contributed by atoms with Crippen LogP contribution in [-0.2, 0) is 4.79 Å². The predicted octanol–water partition coefficient (Wildman–Crippen LogP) is 4.49. The Bertz CT molecular complexity index is 889. The molecule has 0 fully saturated rings. The van der Waals surface area contributed by atoms with E-state index in [9.17, 15) is 9.90 Å². The zero-order valence-electron chi connectivity index (χ0n) is 18.2. The summed E-state index contributed by atoms with van der Waals surface area (Å²) in [5, 5.41) is 13.7. The van der Waals surface area contributed by atoms with Gasteiger partial charge in [-0.3, -0.25) is 0 Å². The molecule has 0 atom stereocenters. The average molecular weight is 500 g/mol. The van der Waals surface area contributed by atoms with E-state index in [4.69, 9.17) is 0 Å². The Morgan fingerprint density at radius 1 is 0.806 bits per heavy atom. The summed E-state index contributed by atoms with van der Waals surface area (Å²) in [6.45, 7) is 3.56. The van der Waals surface area contributed by atoms with Gasteiger partial charge in [-0.1, -0.05) is 0 Å². The third kappa shape index (κ3) is 4.92. The van der Waals surface area contributed by atoms with Crippen LogP contribution in [0.5, 0.6) is 0 Å². The van der Waals surface area contributed by atoms with Gasteiger partial charge in [0, 0.05) is 0 Å². The molecular weight excluding hydrogens is 469 g/mol. The standard InChI is InChI=1S/C26H31BrNO2P/c1-26(2,30)25(29)28-20-12-13-21-31(27,22-14-6-3-7-15-22,23-16-8-4-9-17-23)24-18-10-5-11-19-24/h3-11,14-19,30H,12-13,20-21H2,1-2H3,(H,28,29). The molecule has 3 rings (SSSR count). The van der Waals surface area contributed by atoms with E-state index in [0.717, 1.165) is 19.0 Å². The Labute approximate surface area is 193 Å². The second kappa shape index (κ2) is 9.65. The van der Waals surface area contributed by atoms with Crippen molar-refractivity contribution >= 4 is 42.6 Å². The predicted molar refractivity (Wildman–Crippen MR) is 137 cm³/mol. The molecule has 0 heterocycles. The fourth-order valence-electron chi connectivity index (χ4n) is 4.00. The number of nitrogens with one attached hydrogen (secondary N) is 1. The van der Waals surface area contributed by atoms with Gasteiger partial charge in [-0.2, -0.15) is 0 Å². The maximum atomic E-state index is 12.0. The molecule has 3 aromatic rings. The number of carbonyl (C=O) groups is 1. The zero-order valence-corrected chi connectivity index (χ0v) is 20.6. The van der Waals surface area contributed by atoms with Crippen LogP contribution >= 0.6 is 20.8 Å². The van der Waals surface area contributed by atoms with Crippen molar-refractivity contribution in [3.63, 3.8) is 0 Å². The number of aliphatic hydroxyl groups is 1. The SMILES string of the molecule is CC(C)(O)C(=O)NCCCCP(Br)(c1ccccc1)(c1ccccc1)c1ccccc1. The molecule has 0 radical (unpaired) electrons. The van der Waals surface area contributed by atoms with Gasteiger partial charge in [0.15, 0.2) is 0 Å². The molecule has 0 spiro atoms. The van der Waals surface area contributed by atoms with Crippen LogP contribution in [0.3, 0.4) is 0 Å². The normalized spacial score (nSPS) is 13.2. The second-order valence-corrected chi connectivity index (χ2v) is 17.5. The fraction of sp³-hybridized carbons (Fsp3) is 0.269. The van der Waals surface area contributed by atoms with Gasteiger partial charge in [-0.25, -0.2) is 0 Å². The molecule has 164 valence electrons. The number of hydrogen-bond acceptors (Lipinski definition) is 2. The van der Waals surface area contributed by atoms with Gasteiger partial charge in [0.2, 0.25) is 0 Å². The van der Waals surface area contributed by atoms with Gasteiger partial charge in [-0.05, 0) is 0 Å². The molecule has 2 N–H and O–H groups in total. The summed E-state index contributed by atoms with van der Waals surface area (Å²) in [6.07, 6.45) is 2.69. The molecule has 0 saturated carbocycles. The minimum atomic E-state index is -2.90. The van der Waals surface area contributed by atoms with Crippen LogP contribution in [0.25, 0.3) is 0 Å². The summed E-state index contributed by atoms with van der Waals surface area (Å²) >= 11 is 4.43. The van der Waals surface area contributed by atoms with Crippen LogP contribution in [0.4, 0.5) is 0 Å². The molecule has 3 aromatic carbocycles. The first kappa shape index (κ1) is 23.7. The molecule has 0 aliphatic heterocycles. The quantitative estimate of drug-likeness (QED) is 0.336.